The third-order valence-corrected chi connectivity index (χ3v) is 6.37. The van der Waals surface area contributed by atoms with Crippen LogP contribution in [-0.4, -0.2) is 45.4 Å². The SMILES string of the molecule is O=C(NCC(c1ccc(Cl)cc1)N1CCCCC1)c1sc(-c2ncccn2)nc1F. The number of amides is 1. The zero-order valence-corrected chi connectivity index (χ0v) is 17.8. The van der Waals surface area contributed by atoms with Gasteiger partial charge in [-0.05, 0) is 49.7 Å². The highest BCUT2D eigenvalue weighted by atomic mass is 35.5. The highest BCUT2D eigenvalue weighted by molar-refractivity contribution is 7.16. The summed E-state index contributed by atoms with van der Waals surface area (Å²) in [5.41, 5.74) is 1.07. The molecule has 6 nitrogen and oxygen atoms in total. The number of rotatable bonds is 6. The molecule has 1 fully saturated rings. The van der Waals surface area contributed by atoms with Crippen molar-refractivity contribution in [2.45, 2.75) is 25.3 Å². The van der Waals surface area contributed by atoms with Gasteiger partial charge in [-0.3, -0.25) is 9.69 Å². The molecule has 1 aliphatic heterocycles. The van der Waals surface area contributed by atoms with Crippen LogP contribution in [0.4, 0.5) is 4.39 Å². The summed E-state index contributed by atoms with van der Waals surface area (Å²) >= 11 is 6.99. The van der Waals surface area contributed by atoms with Gasteiger partial charge in [0.2, 0.25) is 5.95 Å². The number of hydrogen-bond donors (Lipinski definition) is 1. The van der Waals surface area contributed by atoms with Gasteiger partial charge in [0.25, 0.3) is 5.91 Å². The van der Waals surface area contributed by atoms with Gasteiger partial charge in [0.1, 0.15) is 4.88 Å². The molecule has 1 aliphatic rings. The van der Waals surface area contributed by atoms with Crippen molar-refractivity contribution in [2.75, 3.05) is 19.6 Å². The zero-order valence-electron chi connectivity index (χ0n) is 16.2. The number of piperidine rings is 1. The van der Waals surface area contributed by atoms with Crippen LogP contribution < -0.4 is 5.32 Å². The minimum atomic E-state index is -0.805. The van der Waals surface area contributed by atoms with Gasteiger partial charge in [0.05, 0.1) is 6.04 Å². The molecule has 0 aliphatic carbocycles. The van der Waals surface area contributed by atoms with Crippen LogP contribution in [0.5, 0.6) is 0 Å². The van der Waals surface area contributed by atoms with Crippen molar-refractivity contribution >= 4 is 28.8 Å². The first kappa shape index (κ1) is 20.8. The maximum Gasteiger partial charge on any atom is 0.266 e. The van der Waals surface area contributed by atoms with Crippen molar-refractivity contribution in [1.82, 2.24) is 25.2 Å². The molecule has 156 valence electrons. The minimum Gasteiger partial charge on any atom is -0.349 e. The maximum absolute atomic E-state index is 14.4. The summed E-state index contributed by atoms with van der Waals surface area (Å²) in [4.78, 5) is 27.0. The molecular formula is C21H21ClFN5OS. The summed E-state index contributed by atoms with van der Waals surface area (Å²) in [6, 6.07) is 9.32. The fraction of sp³-hybridized carbons (Fsp3) is 0.333. The molecule has 1 amide bonds. The van der Waals surface area contributed by atoms with Crippen LogP contribution in [0.1, 0.15) is 40.5 Å². The number of carbonyl (C=O) groups is 1. The molecule has 1 unspecified atom stereocenters. The second-order valence-corrected chi connectivity index (χ2v) is 8.52. The minimum absolute atomic E-state index is 0.000531. The van der Waals surface area contributed by atoms with Crippen LogP contribution in [0.15, 0.2) is 42.7 Å². The van der Waals surface area contributed by atoms with Gasteiger partial charge in [-0.15, -0.1) is 11.3 Å². The second kappa shape index (κ2) is 9.59. The smallest absolute Gasteiger partial charge is 0.266 e. The van der Waals surface area contributed by atoms with Crippen LogP contribution in [0.3, 0.4) is 0 Å². The van der Waals surface area contributed by atoms with E-state index in [0.29, 0.717) is 17.4 Å². The molecule has 1 saturated heterocycles. The number of halogens is 2. The Morgan fingerprint density at radius 1 is 1.17 bits per heavy atom. The lowest BCUT2D eigenvalue weighted by molar-refractivity contribution is 0.0924. The van der Waals surface area contributed by atoms with Crippen molar-refractivity contribution in [1.29, 1.82) is 0 Å². The fourth-order valence-corrected chi connectivity index (χ4v) is 4.53. The van der Waals surface area contributed by atoms with E-state index in [1.807, 2.05) is 24.3 Å². The second-order valence-electron chi connectivity index (χ2n) is 7.09. The van der Waals surface area contributed by atoms with Crippen molar-refractivity contribution in [3.63, 3.8) is 0 Å². The lowest BCUT2D eigenvalue weighted by Crippen LogP contribution is -2.40. The molecule has 3 aromatic rings. The predicted octanol–water partition coefficient (Wildman–Crippen LogP) is 4.35. The van der Waals surface area contributed by atoms with Crippen molar-refractivity contribution in [3.8, 4) is 10.8 Å². The molecule has 9 heteroatoms. The highest BCUT2D eigenvalue weighted by Crippen LogP contribution is 2.27. The van der Waals surface area contributed by atoms with Gasteiger partial charge < -0.3 is 5.32 Å². The normalized spacial score (nSPS) is 15.7. The number of thiazole rings is 1. The summed E-state index contributed by atoms with van der Waals surface area (Å²) in [5.74, 6) is -0.989. The van der Waals surface area contributed by atoms with Crippen LogP contribution in [0.25, 0.3) is 10.8 Å². The largest absolute Gasteiger partial charge is 0.349 e. The van der Waals surface area contributed by atoms with Crippen molar-refractivity contribution in [3.05, 3.63) is 64.1 Å². The molecule has 0 radical (unpaired) electrons. The van der Waals surface area contributed by atoms with Gasteiger partial charge in [-0.1, -0.05) is 30.2 Å². The summed E-state index contributed by atoms with van der Waals surface area (Å²) in [6.07, 6.45) is 6.57. The molecule has 0 spiro atoms. The summed E-state index contributed by atoms with van der Waals surface area (Å²) in [6.45, 7) is 2.30. The van der Waals surface area contributed by atoms with E-state index in [4.69, 9.17) is 11.6 Å². The molecule has 4 rings (SSSR count). The molecule has 1 N–H and O–H groups in total. The first-order valence-electron chi connectivity index (χ1n) is 9.83. The van der Waals surface area contributed by atoms with E-state index < -0.39 is 11.9 Å². The Bertz CT molecular complexity index is 992. The molecule has 1 atom stereocenters. The van der Waals surface area contributed by atoms with Crippen LogP contribution >= 0.6 is 22.9 Å². The number of likely N-dealkylation sites (tertiary alicyclic amines) is 1. The van der Waals surface area contributed by atoms with Crippen molar-refractivity contribution < 1.29 is 9.18 Å². The van der Waals surface area contributed by atoms with E-state index in [9.17, 15) is 9.18 Å². The average molecular weight is 446 g/mol. The highest BCUT2D eigenvalue weighted by Gasteiger charge is 2.25. The molecular weight excluding hydrogens is 425 g/mol. The number of nitrogens with zero attached hydrogens (tertiary/aromatic N) is 4. The number of benzene rings is 1. The van der Waals surface area contributed by atoms with E-state index >= 15 is 0 Å². The van der Waals surface area contributed by atoms with Gasteiger partial charge in [0.15, 0.2) is 10.8 Å². The Hall–Kier alpha value is -2.42. The third kappa shape index (κ3) is 4.83. The molecule has 2 aromatic heterocycles. The lowest BCUT2D eigenvalue weighted by atomic mass is 10.0. The Balaban J connectivity index is 1.50. The van der Waals surface area contributed by atoms with Crippen LogP contribution in [0, 0.1) is 5.95 Å². The van der Waals surface area contributed by atoms with E-state index in [1.54, 1.807) is 18.5 Å². The van der Waals surface area contributed by atoms with E-state index in [1.165, 1.54) is 6.42 Å². The Morgan fingerprint density at radius 3 is 2.57 bits per heavy atom. The average Bonchev–Trinajstić information content (AvgIpc) is 3.18. The molecule has 1 aromatic carbocycles. The van der Waals surface area contributed by atoms with Crippen molar-refractivity contribution in [2.24, 2.45) is 0 Å². The van der Waals surface area contributed by atoms with Gasteiger partial charge in [-0.2, -0.15) is 4.39 Å². The maximum atomic E-state index is 14.4. The van der Waals surface area contributed by atoms with Crippen LogP contribution in [-0.2, 0) is 0 Å². The molecule has 0 bridgehead atoms. The molecule has 0 saturated carbocycles. The predicted molar refractivity (Wildman–Crippen MR) is 115 cm³/mol. The van der Waals surface area contributed by atoms with Gasteiger partial charge in [0, 0.05) is 24.0 Å². The monoisotopic (exact) mass is 445 g/mol. The standard InChI is InChI=1S/C21H21ClFN5OS/c22-15-7-5-14(6-8-15)16(28-11-2-1-3-12-28)13-26-20(29)17-18(23)27-21(30-17)19-24-9-4-10-25-19/h4-10,16H,1-3,11-13H2,(H,26,29). The quantitative estimate of drug-likeness (QED) is 0.610. The van der Waals surface area contributed by atoms with Crippen LogP contribution in [0.2, 0.25) is 5.02 Å². The number of aromatic nitrogens is 3. The molecule has 30 heavy (non-hydrogen) atoms. The van der Waals surface area contributed by atoms with Gasteiger partial charge >= 0.3 is 0 Å². The topological polar surface area (TPSA) is 71.0 Å². The fourth-order valence-electron chi connectivity index (χ4n) is 3.59. The van der Waals surface area contributed by atoms with E-state index in [0.717, 1.165) is 42.8 Å². The Labute approximate surface area is 183 Å². The first-order chi connectivity index (χ1) is 14.6. The van der Waals surface area contributed by atoms with Gasteiger partial charge in [-0.25, -0.2) is 15.0 Å². The molecule has 3 heterocycles. The lowest BCUT2D eigenvalue weighted by Gasteiger charge is -2.35. The zero-order chi connectivity index (χ0) is 20.9. The Kier molecular flexibility index (Phi) is 6.66. The first-order valence-corrected chi connectivity index (χ1v) is 11.0. The summed E-state index contributed by atoms with van der Waals surface area (Å²) in [7, 11) is 0. The third-order valence-electron chi connectivity index (χ3n) is 5.09. The number of carbonyl (C=O) groups excluding carboxylic acids is 1. The van der Waals surface area contributed by atoms with E-state index in [-0.39, 0.29) is 15.9 Å². The summed E-state index contributed by atoms with van der Waals surface area (Å²) in [5, 5.41) is 3.84. The number of hydrogen-bond acceptors (Lipinski definition) is 6. The Morgan fingerprint density at radius 2 is 1.87 bits per heavy atom. The summed E-state index contributed by atoms with van der Waals surface area (Å²) < 4.78 is 14.4. The van der Waals surface area contributed by atoms with E-state index in [2.05, 4.69) is 25.2 Å². The number of nitrogens with one attached hydrogen (secondary N) is 1.